The molecule has 3 rings (SSSR count). The van der Waals surface area contributed by atoms with Gasteiger partial charge in [0.15, 0.2) is 0 Å². The van der Waals surface area contributed by atoms with Crippen molar-refractivity contribution in [2.45, 2.75) is 32.4 Å². The maximum absolute atomic E-state index is 14.7. The highest BCUT2D eigenvalue weighted by Gasteiger charge is 2.28. The van der Waals surface area contributed by atoms with Gasteiger partial charge in [0.25, 0.3) is 5.56 Å². The molecule has 1 saturated heterocycles. The lowest BCUT2D eigenvalue weighted by Gasteiger charge is -2.23. The predicted octanol–water partition coefficient (Wildman–Crippen LogP) is 0.788. The van der Waals surface area contributed by atoms with Crippen LogP contribution in [0.3, 0.4) is 0 Å². The second kappa shape index (κ2) is 5.78. The highest BCUT2D eigenvalue weighted by Crippen LogP contribution is 2.36. The lowest BCUT2D eigenvalue weighted by Crippen LogP contribution is -2.45. The first kappa shape index (κ1) is 16.8. The van der Waals surface area contributed by atoms with Crippen molar-refractivity contribution in [2.24, 2.45) is 5.73 Å². The molecule has 0 amide bonds. The van der Waals surface area contributed by atoms with Crippen LogP contribution in [0.25, 0.3) is 10.9 Å². The number of nitrogens with two attached hydrogens (primary N) is 2. The van der Waals surface area contributed by atoms with Gasteiger partial charge in [-0.1, -0.05) is 11.6 Å². The van der Waals surface area contributed by atoms with Crippen LogP contribution in [0.15, 0.2) is 15.7 Å². The summed E-state index contributed by atoms with van der Waals surface area (Å²) in [6.45, 7) is 4.54. The molecule has 2 heterocycles. The molecular formula is C15H19ClFN5O2. The van der Waals surface area contributed by atoms with Crippen molar-refractivity contribution in [3.63, 3.8) is 0 Å². The van der Waals surface area contributed by atoms with Gasteiger partial charge in [-0.3, -0.25) is 9.36 Å². The Labute approximate surface area is 142 Å². The Morgan fingerprint density at radius 2 is 2.04 bits per heavy atom. The van der Waals surface area contributed by atoms with Crippen LogP contribution in [0.2, 0.25) is 5.02 Å². The van der Waals surface area contributed by atoms with Gasteiger partial charge >= 0.3 is 5.69 Å². The summed E-state index contributed by atoms with van der Waals surface area (Å²) >= 11 is 6.45. The second-order valence-electron chi connectivity index (χ2n) is 6.33. The zero-order valence-corrected chi connectivity index (χ0v) is 14.2. The van der Waals surface area contributed by atoms with Gasteiger partial charge in [0.05, 0.1) is 21.6 Å². The monoisotopic (exact) mass is 355 g/mol. The maximum Gasteiger partial charge on any atom is 0.350 e. The van der Waals surface area contributed by atoms with Gasteiger partial charge in [-0.25, -0.2) is 9.18 Å². The highest BCUT2D eigenvalue weighted by atomic mass is 35.5. The highest BCUT2D eigenvalue weighted by molar-refractivity contribution is 6.37. The maximum atomic E-state index is 14.7. The van der Waals surface area contributed by atoms with Crippen molar-refractivity contribution >= 4 is 28.2 Å². The normalized spacial score (nSPS) is 18.1. The van der Waals surface area contributed by atoms with Gasteiger partial charge in [0, 0.05) is 25.2 Å². The zero-order chi connectivity index (χ0) is 17.8. The number of benzene rings is 1. The molecule has 4 N–H and O–H groups in total. The SMILES string of the molecule is CC(C)n1c(=O)n(N)c(=O)c2cc(F)c(N3CC[C@@H](N)C3)c(Cl)c21. The lowest BCUT2D eigenvalue weighted by atomic mass is 10.1. The van der Waals surface area contributed by atoms with E-state index in [-0.39, 0.29) is 33.7 Å². The van der Waals surface area contributed by atoms with Crippen LogP contribution < -0.4 is 27.7 Å². The lowest BCUT2D eigenvalue weighted by molar-refractivity contribution is 0.562. The Morgan fingerprint density at radius 1 is 1.38 bits per heavy atom. The van der Waals surface area contributed by atoms with Crippen molar-refractivity contribution in [1.82, 2.24) is 9.24 Å². The van der Waals surface area contributed by atoms with Crippen LogP contribution in [-0.2, 0) is 0 Å². The number of nitrogen functional groups attached to an aromatic ring is 1. The molecule has 1 aromatic heterocycles. The zero-order valence-electron chi connectivity index (χ0n) is 13.4. The molecule has 0 bridgehead atoms. The average molecular weight is 356 g/mol. The number of hydrogen-bond acceptors (Lipinski definition) is 5. The molecule has 1 aliphatic heterocycles. The molecule has 1 atom stereocenters. The Balaban J connectivity index is 2.43. The van der Waals surface area contributed by atoms with E-state index >= 15 is 0 Å². The number of aromatic nitrogens is 2. The van der Waals surface area contributed by atoms with Crippen molar-refractivity contribution in [3.05, 3.63) is 37.7 Å². The average Bonchev–Trinajstić information content (AvgIpc) is 2.92. The Hall–Kier alpha value is -2.06. The Kier molecular flexibility index (Phi) is 4.05. The summed E-state index contributed by atoms with van der Waals surface area (Å²) in [5.41, 5.74) is 4.78. The van der Waals surface area contributed by atoms with Crippen LogP contribution in [0.4, 0.5) is 10.1 Å². The predicted molar refractivity (Wildman–Crippen MR) is 92.8 cm³/mol. The molecule has 1 aliphatic rings. The fraction of sp³-hybridized carbons (Fsp3) is 0.467. The van der Waals surface area contributed by atoms with Gasteiger partial charge in [0.2, 0.25) is 0 Å². The van der Waals surface area contributed by atoms with Crippen molar-refractivity contribution in [1.29, 1.82) is 0 Å². The van der Waals surface area contributed by atoms with Gasteiger partial charge in [-0.05, 0) is 26.3 Å². The summed E-state index contributed by atoms with van der Waals surface area (Å²) in [7, 11) is 0. The first-order valence-corrected chi connectivity index (χ1v) is 8.06. The van der Waals surface area contributed by atoms with E-state index in [1.54, 1.807) is 18.7 Å². The molecule has 0 radical (unpaired) electrons. The van der Waals surface area contributed by atoms with E-state index in [0.29, 0.717) is 17.8 Å². The molecule has 130 valence electrons. The van der Waals surface area contributed by atoms with E-state index in [1.165, 1.54) is 4.57 Å². The number of anilines is 1. The van der Waals surface area contributed by atoms with Gasteiger partial charge in [0.1, 0.15) is 5.82 Å². The minimum absolute atomic E-state index is 0.0273. The summed E-state index contributed by atoms with van der Waals surface area (Å²) in [6.07, 6.45) is 0.717. The smallest absolute Gasteiger partial charge is 0.350 e. The molecule has 0 unspecified atom stereocenters. The van der Waals surface area contributed by atoms with Crippen molar-refractivity contribution in [3.8, 4) is 0 Å². The third-order valence-corrected chi connectivity index (χ3v) is 4.69. The second-order valence-corrected chi connectivity index (χ2v) is 6.71. The minimum Gasteiger partial charge on any atom is -0.366 e. The number of nitrogens with zero attached hydrogens (tertiary/aromatic N) is 3. The summed E-state index contributed by atoms with van der Waals surface area (Å²) in [6, 6.07) is 0.706. The molecule has 0 saturated carbocycles. The summed E-state index contributed by atoms with van der Waals surface area (Å²) < 4.78 is 16.4. The standard InChI is InChI=1S/C15H19ClFN5O2/c1-7(2)21-12-9(14(23)22(19)15(21)24)5-10(17)13(11(12)16)20-4-3-8(18)6-20/h5,7-8H,3-4,6,18-19H2,1-2H3/t8-/m1/s1. The number of fused-ring (bicyclic) bond motifs is 1. The molecule has 7 nitrogen and oxygen atoms in total. The largest absolute Gasteiger partial charge is 0.366 e. The van der Waals surface area contributed by atoms with Crippen molar-refractivity contribution < 1.29 is 4.39 Å². The Morgan fingerprint density at radius 3 is 2.58 bits per heavy atom. The Bertz CT molecular complexity index is 936. The van der Waals surface area contributed by atoms with Crippen LogP contribution in [0.1, 0.15) is 26.3 Å². The first-order chi connectivity index (χ1) is 11.2. The van der Waals surface area contributed by atoms with E-state index < -0.39 is 17.1 Å². The number of halogens is 2. The summed E-state index contributed by atoms with van der Waals surface area (Å²) in [5, 5.41) is 0.00291. The molecule has 2 aromatic rings. The van der Waals surface area contributed by atoms with E-state index in [2.05, 4.69) is 0 Å². The number of rotatable bonds is 2. The summed E-state index contributed by atoms with van der Waals surface area (Å²) in [5.74, 6) is 4.91. The number of hydrogen-bond donors (Lipinski definition) is 2. The quantitative estimate of drug-likeness (QED) is 0.776. The minimum atomic E-state index is -0.780. The third-order valence-electron chi connectivity index (χ3n) is 4.33. The van der Waals surface area contributed by atoms with E-state index in [4.69, 9.17) is 23.2 Å². The van der Waals surface area contributed by atoms with Crippen LogP contribution in [0.5, 0.6) is 0 Å². The molecule has 9 heteroatoms. The topological polar surface area (TPSA) is 99.3 Å². The van der Waals surface area contributed by atoms with Gasteiger partial charge in [-0.15, -0.1) is 0 Å². The van der Waals surface area contributed by atoms with E-state index in [9.17, 15) is 14.0 Å². The molecule has 1 fully saturated rings. The van der Waals surface area contributed by atoms with Gasteiger partial charge in [-0.2, -0.15) is 4.68 Å². The molecule has 24 heavy (non-hydrogen) atoms. The van der Waals surface area contributed by atoms with Crippen LogP contribution >= 0.6 is 11.6 Å². The van der Waals surface area contributed by atoms with Crippen LogP contribution in [0, 0.1) is 5.82 Å². The van der Waals surface area contributed by atoms with Gasteiger partial charge < -0.3 is 16.5 Å². The summed E-state index contributed by atoms with van der Waals surface area (Å²) in [4.78, 5) is 26.4. The molecular weight excluding hydrogens is 337 g/mol. The van der Waals surface area contributed by atoms with Crippen molar-refractivity contribution in [2.75, 3.05) is 23.8 Å². The van der Waals surface area contributed by atoms with E-state index in [1.807, 2.05) is 0 Å². The molecule has 0 spiro atoms. The third kappa shape index (κ3) is 2.37. The fourth-order valence-electron chi connectivity index (χ4n) is 3.18. The molecule has 1 aromatic carbocycles. The van der Waals surface area contributed by atoms with Crippen LogP contribution in [-0.4, -0.2) is 28.4 Å². The van der Waals surface area contributed by atoms with E-state index in [0.717, 1.165) is 12.5 Å². The molecule has 0 aliphatic carbocycles. The first-order valence-electron chi connectivity index (χ1n) is 7.68. The fourth-order valence-corrected chi connectivity index (χ4v) is 3.59.